The molecule has 2 rings (SSSR count). The first-order valence-corrected chi connectivity index (χ1v) is 5.91. The average Bonchev–Trinajstić information content (AvgIpc) is 2.29. The molecule has 1 heterocycles. The van der Waals surface area contributed by atoms with Crippen LogP contribution in [0, 0.1) is 6.92 Å². The molecule has 0 fully saturated rings. The molecule has 0 aliphatic carbocycles. The van der Waals surface area contributed by atoms with Gasteiger partial charge in [0.15, 0.2) is 0 Å². The smallest absolute Gasteiger partial charge is 0.354 e. The van der Waals surface area contributed by atoms with Crippen molar-refractivity contribution in [1.29, 1.82) is 0 Å². The average molecular weight is 245 g/mol. The van der Waals surface area contributed by atoms with Gasteiger partial charge in [-0.1, -0.05) is 29.5 Å². The summed E-state index contributed by atoms with van der Waals surface area (Å²) in [7, 11) is 0. The molecule has 4 heteroatoms. The third kappa shape index (κ3) is 3.07. The van der Waals surface area contributed by atoms with E-state index >= 15 is 0 Å². The van der Waals surface area contributed by atoms with Crippen LogP contribution in [0.2, 0.25) is 0 Å². The van der Waals surface area contributed by atoms with Crippen molar-refractivity contribution in [3.63, 3.8) is 0 Å². The Bertz CT molecular complexity index is 555. The lowest BCUT2D eigenvalue weighted by molar-refractivity contribution is 0.0690. The third-order valence-electron chi connectivity index (χ3n) is 2.18. The molecule has 0 spiro atoms. The minimum absolute atomic E-state index is 0.0719. The molecule has 1 aromatic carbocycles. The van der Waals surface area contributed by atoms with E-state index in [1.54, 1.807) is 12.1 Å². The van der Waals surface area contributed by atoms with Gasteiger partial charge in [0.2, 0.25) is 0 Å². The van der Waals surface area contributed by atoms with E-state index in [1.807, 2.05) is 25.1 Å². The Morgan fingerprint density at radius 2 is 2.00 bits per heavy atom. The maximum absolute atomic E-state index is 10.8. The SMILES string of the molecule is Cc1cccc(Sc2ccnc(C(=O)O)c2)c1. The van der Waals surface area contributed by atoms with Crippen LogP contribution in [0.3, 0.4) is 0 Å². The summed E-state index contributed by atoms with van der Waals surface area (Å²) in [5, 5.41) is 8.85. The molecule has 0 saturated heterocycles. The molecule has 3 nitrogen and oxygen atoms in total. The van der Waals surface area contributed by atoms with Crippen LogP contribution in [0.5, 0.6) is 0 Å². The second kappa shape index (κ2) is 5.01. The number of hydrogen-bond donors (Lipinski definition) is 1. The van der Waals surface area contributed by atoms with Crippen LogP contribution in [0.4, 0.5) is 0 Å². The Morgan fingerprint density at radius 1 is 1.24 bits per heavy atom. The number of benzene rings is 1. The summed E-state index contributed by atoms with van der Waals surface area (Å²) in [5.41, 5.74) is 1.25. The van der Waals surface area contributed by atoms with Crippen molar-refractivity contribution in [2.45, 2.75) is 16.7 Å². The van der Waals surface area contributed by atoms with E-state index in [4.69, 9.17) is 5.11 Å². The lowest BCUT2D eigenvalue weighted by atomic mass is 10.2. The largest absolute Gasteiger partial charge is 0.477 e. The minimum atomic E-state index is -1.00. The number of carbonyl (C=O) groups is 1. The molecule has 0 aliphatic heterocycles. The minimum Gasteiger partial charge on any atom is -0.477 e. The molecule has 86 valence electrons. The maximum Gasteiger partial charge on any atom is 0.354 e. The van der Waals surface area contributed by atoms with Gasteiger partial charge in [-0.2, -0.15) is 0 Å². The lowest BCUT2D eigenvalue weighted by Gasteiger charge is -2.03. The first kappa shape index (κ1) is 11.7. The van der Waals surface area contributed by atoms with Gasteiger partial charge in [0.05, 0.1) is 0 Å². The van der Waals surface area contributed by atoms with Gasteiger partial charge in [0.25, 0.3) is 0 Å². The topological polar surface area (TPSA) is 50.2 Å². The summed E-state index contributed by atoms with van der Waals surface area (Å²) in [6.07, 6.45) is 1.52. The number of carboxylic acid groups (broad SMARTS) is 1. The number of aromatic carboxylic acids is 1. The van der Waals surface area contributed by atoms with Crippen LogP contribution in [-0.2, 0) is 0 Å². The van der Waals surface area contributed by atoms with Crippen LogP contribution >= 0.6 is 11.8 Å². The van der Waals surface area contributed by atoms with Crippen molar-refractivity contribution < 1.29 is 9.90 Å². The number of hydrogen-bond acceptors (Lipinski definition) is 3. The van der Waals surface area contributed by atoms with Crippen molar-refractivity contribution >= 4 is 17.7 Å². The standard InChI is InChI=1S/C13H11NO2S/c1-9-3-2-4-10(7-9)17-11-5-6-14-12(8-11)13(15)16/h2-8H,1H3,(H,15,16). The zero-order chi connectivity index (χ0) is 12.3. The normalized spacial score (nSPS) is 10.2. The van der Waals surface area contributed by atoms with Crippen LogP contribution in [0.25, 0.3) is 0 Å². The second-order valence-electron chi connectivity index (χ2n) is 3.60. The molecular weight excluding hydrogens is 234 g/mol. The summed E-state index contributed by atoms with van der Waals surface area (Å²) < 4.78 is 0. The maximum atomic E-state index is 10.8. The van der Waals surface area contributed by atoms with E-state index in [0.29, 0.717) is 0 Å². The van der Waals surface area contributed by atoms with E-state index in [2.05, 4.69) is 11.1 Å². The van der Waals surface area contributed by atoms with Crippen molar-refractivity contribution in [3.8, 4) is 0 Å². The fourth-order valence-electron chi connectivity index (χ4n) is 1.41. The summed E-state index contributed by atoms with van der Waals surface area (Å²) in [4.78, 5) is 16.5. The Labute approximate surface area is 104 Å². The number of aromatic nitrogens is 1. The van der Waals surface area contributed by atoms with Gasteiger partial charge >= 0.3 is 5.97 Å². The van der Waals surface area contributed by atoms with Gasteiger partial charge < -0.3 is 5.11 Å². The lowest BCUT2D eigenvalue weighted by Crippen LogP contribution is -1.99. The van der Waals surface area contributed by atoms with Gasteiger partial charge in [0.1, 0.15) is 5.69 Å². The zero-order valence-electron chi connectivity index (χ0n) is 9.25. The van der Waals surface area contributed by atoms with E-state index in [0.717, 1.165) is 9.79 Å². The van der Waals surface area contributed by atoms with Gasteiger partial charge in [0, 0.05) is 16.0 Å². The monoisotopic (exact) mass is 245 g/mol. The van der Waals surface area contributed by atoms with Crippen LogP contribution in [0.1, 0.15) is 16.1 Å². The zero-order valence-corrected chi connectivity index (χ0v) is 10.1. The molecule has 0 aliphatic rings. The summed E-state index contributed by atoms with van der Waals surface area (Å²) in [5.74, 6) is -1.00. The van der Waals surface area contributed by atoms with Crippen molar-refractivity contribution in [3.05, 3.63) is 53.9 Å². The molecule has 17 heavy (non-hydrogen) atoms. The highest BCUT2D eigenvalue weighted by Gasteiger charge is 2.05. The molecular formula is C13H11NO2S. The Kier molecular flexibility index (Phi) is 3.44. The molecule has 0 unspecified atom stereocenters. The number of carboxylic acids is 1. The van der Waals surface area contributed by atoms with Gasteiger partial charge in [-0.05, 0) is 31.2 Å². The Morgan fingerprint density at radius 3 is 2.71 bits per heavy atom. The fourth-order valence-corrected chi connectivity index (χ4v) is 2.37. The van der Waals surface area contributed by atoms with Crippen LogP contribution < -0.4 is 0 Å². The molecule has 2 aromatic rings. The van der Waals surface area contributed by atoms with Crippen molar-refractivity contribution in [2.75, 3.05) is 0 Å². The van der Waals surface area contributed by atoms with Crippen molar-refractivity contribution in [2.24, 2.45) is 0 Å². The molecule has 1 N–H and O–H groups in total. The molecule has 0 radical (unpaired) electrons. The summed E-state index contributed by atoms with van der Waals surface area (Å²) >= 11 is 1.53. The second-order valence-corrected chi connectivity index (χ2v) is 4.75. The predicted molar refractivity (Wildman–Crippen MR) is 66.5 cm³/mol. The Balaban J connectivity index is 2.24. The van der Waals surface area contributed by atoms with E-state index in [1.165, 1.54) is 23.5 Å². The molecule has 0 atom stereocenters. The number of aryl methyl sites for hydroxylation is 1. The quantitative estimate of drug-likeness (QED) is 0.901. The van der Waals surface area contributed by atoms with E-state index < -0.39 is 5.97 Å². The molecule has 1 aromatic heterocycles. The first-order chi connectivity index (χ1) is 8.15. The number of pyridine rings is 1. The molecule has 0 bridgehead atoms. The van der Waals surface area contributed by atoms with Crippen LogP contribution in [-0.4, -0.2) is 16.1 Å². The van der Waals surface area contributed by atoms with E-state index in [-0.39, 0.29) is 5.69 Å². The third-order valence-corrected chi connectivity index (χ3v) is 3.16. The highest BCUT2D eigenvalue weighted by molar-refractivity contribution is 7.99. The van der Waals surface area contributed by atoms with Gasteiger partial charge in [-0.25, -0.2) is 9.78 Å². The van der Waals surface area contributed by atoms with Crippen LogP contribution in [0.15, 0.2) is 52.4 Å². The van der Waals surface area contributed by atoms with E-state index in [9.17, 15) is 4.79 Å². The number of rotatable bonds is 3. The first-order valence-electron chi connectivity index (χ1n) is 5.09. The van der Waals surface area contributed by atoms with Gasteiger partial charge in [-0.3, -0.25) is 0 Å². The number of nitrogens with zero attached hydrogens (tertiary/aromatic N) is 1. The highest BCUT2D eigenvalue weighted by Crippen LogP contribution is 2.28. The molecule has 0 amide bonds. The predicted octanol–water partition coefficient (Wildman–Crippen LogP) is 3.24. The fraction of sp³-hybridized carbons (Fsp3) is 0.0769. The summed E-state index contributed by atoms with van der Waals surface area (Å²) in [6.45, 7) is 2.03. The highest BCUT2D eigenvalue weighted by atomic mass is 32.2. The summed E-state index contributed by atoms with van der Waals surface area (Å²) in [6, 6.07) is 11.5. The Hall–Kier alpha value is -1.81. The van der Waals surface area contributed by atoms with Crippen molar-refractivity contribution in [1.82, 2.24) is 4.98 Å². The molecule has 0 saturated carbocycles. The van der Waals surface area contributed by atoms with Gasteiger partial charge in [-0.15, -0.1) is 0 Å².